The molecule has 0 aliphatic carbocycles. The summed E-state index contributed by atoms with van der Waals surface area (Å²) in [7, 11) is 0. The Morgan fingerprint density at radius 2 is 2.16 bits per heavy atom. The van der Waals surface area contributed by atoms with Crippen molar-refractivity contribution in [3.63, 3.8) is 0 Å². The quantitative estimate of drug-likeness (QED) is 0.836. The van der Waals surface area contributed by atoms with Gasteiger partial charge in [-0.25, -0.2) is 4.68 Å². The van der Waals surface area contributed by atoms with Crippen LogP contribution in [0.5, 0.6) is 0 Å². The molecule has 1 heterocycles. The molecule has 0 bridgehead atoms. The topological polar surface area (TPSA) is 79.7 Å². The van der Waals surface area contributed by atoms with E-state index < -0.39 is 12.6 Å². The lowest BCUT2D eigenvalue weighted by Gasteiger charge is -2.06. The predicted octanol–water partition coefficient (Wildman–Crippen LogP) is 2.50. The van der Waals surface area contributed by atoms with Crippen LogP contribution in [0.2, 0.25) is 0 Å². The normalized spacial score (nSPS) is 11.3. The number of nitriles is 1. The van der Waals surface area contributed by atoms with Crippen molar-refractivity contribution >= 4 is 11.6 Å². The van der Waals surface area contributed by atoms with Gasteiger partial charge >= 0.3 is 6.18 Å². The number of hydrogen-bond donors (Lipinski definition) is 2. The fraction of sp³-hybridized carbons (Fsp3) is 0.636. The van der Waals surface area contributed by atoms with Gasteiger partial charge in [0, 0.05) is 13.1 Å². The Balaban J connectivity index is 2.75. The maximum Gasteiger partial charge on any atom is 0.390 e. The molecule has 0 radical (unpaired) electrons. The van der Waals surface area contributed by atoms with Crippen LogP contribution < -0.4 is 11.1 Å². The Morgan fingerprint density at radius 3 is 2.68 bits per heavy atom. The molecule has 8 heteroatoms. The van der Waals surface area contributed by atoms with E-state index in [1.807, 2.05) is 13.0 Å². The fourth-order valence-electron chi connectivity index (χ4n) is 1.51. The molecule has 0 saturated heterocycles. The summed E-state index contributed by atoms with van der Waals surface area (Å²) in [6, 6.07) is 1.86. The maximum atomic E-state index is 12.0. The van der Waals surface area contributed by atoms with Gasteiger partial charge in [-0.1, -0.05) is 13.3 Å². The summed E-state index contributed by atoms with van der Waals surface area (Å²) in [5.74, 6) is 0.297. The number of nitrogen functional groups attached to an aromatic ring is 1. The third-order valence-corrected chi connectivity index (χ3v) is 2.53. The van der Waals surface area contributed by atoms with E-state index >= 15 is 0 Å². The maximum absolute atomic E-state index is 12.0. The number of hydrogen-bond acceptors (Lipinski definition) is 4. The minimum absolute atomic E-state index is 0.0956. The number of aryl methyl sites for hydroxylation is 1. The van der Waals surface area contributed by atoms with Gasteiger partial charge in [0.15, 0.2) is 5.82 Å². The second-order valence-electron chi connectivity index (χ2n) is 4.09. The van der Waals surface area contributed by atoms with Crippen LogP contribution in [0, 0.1) is 11.3 Å². The van der Waals surface area contributed by atoms with Gasteiger partial charge in [-0.05, 0) is 6.42 Å². The lowest BCUT2D eigenvalue weighted by atomic mass is 10.3. The number of aromatic nitrogens is 2. The molecule has 1 aromatic heterocycles. The highest BCUT2D eigenvalue weighted by atomic mass is 19.4. The number of rotatable bonds is 6. The van der Waals surface area contributed by atoms with E-state index in [1.165, 1.54) is 4.68 Å². The number of nitrogens with zero attached hydrogens (tertiary/aromatic N) is 3. The van der Waals surface area contributed by atoms with Crippen molar-refractivity contribution in [2.24, 2.45) is 0 Å². The molecule has 5 nitrogen and oxygen atoms in total. The van der Waals surface area contributed by atoms with Crippen LogP contribution >= 0.6 is 0 Å². The van der Waals surface area contributed by atoms with Gasteiger partial charge in [-0.2, -0.15) is 23.5 Å². The first-order chi connectivity index (χ1) is 8.89. The van der Waals surface area contributed by atoms with Gasteiger partial charge < -0.3 is 11.1 Å². The number of alkyl halides is 3. The number of nitrogens with one attached hydrogen (secondary N) is 1. The molecule has 0 atom stereocenters. The van der Waals surface area contributed by atoms with Gasteiger partial charge in [-0.3, -0.25) is 0 Å². The Morgan fingerprint density at radius 1 is 1.47 bits per heavy atom. The molecule has 3 N–H and O–H groups in total. The molecule has 0 aliphatic heterocycles. The molecule has 0 amide bonds. The highest BCUT2D eigenvalue weighted by Crippen LogP contribution is 2.23. The third kappa shape index (κ3) is 4.35. The zero-order valence-electron chi connectivity index (χ0n) is 10.6. The third-order valence-electron chi connectivity index (χ3n) is 2.53. The van der Waals surface area contributed by atoms with E-state index in [2.05, 4.69) is 10.4 Å². The number of halogens is 3. The van der Waals surface area contributed by atoms with Crippen LogP contribution in [0.25, 0.3) is 0 Å². The highest BCUT2D eigenvalue weighted by Gasteiger charge is 2.26. The Kier molecular flexibility index (Phi) is 5.03. The first kappa shape index (κ1) is 15.1. The average molecular weight is 275 g/mol. The van der Waals surface area contributed by atoms with Crippen molar-refractivity contribution in [3.05, 3.63) is 5.56 Å². The molecule has 106 valence electrons. The zero-order chi connectivity index (χ0) is 14.5. The van der Waals surface area contributed by atoms with E-state index in [0.717, 1.165) is 12.8 Å². The smallest absolute Gasteiger partial charge is 0.383 e. The van der Waals surface area contributed by atoms with Crippen LogP contribution in [0.1, 0.15) is 31.7 Å². The second kappa shape index (κ2) is 6.31. The monoisotopic (exact) mass is 275 g/mol. The van der Waals surface area contributed by atoms with Gasteiger partial charge in [-0.15, -0.1) is 0 Å². The van der Waals surface area contributed by atoms with Gasteiger partial charge in [0.2, 0.25) is 0 Å². The molecule has 1 rings (SSSR count). The van der Waals surface area contributed by atoms with Crippen molar-refractivity contribution in [1.82, 2.24) is 9.78 Å². The molecule has 19 heavy (non-hydrogen) atoms. The first-order valence-corrected chi connectivity index (χ1v) is 5.96. The zero-order valence-corrected chi connectivity index (χ0v) is 10.6. The van der Waals surface area contributed by atoms with Crippen molar-refractivity contribution in [2.45, 2.75) is 38.9 Å². The Bertz CT molecular complexity index is 458. The van der Waals surface area contributed by atoms with Gasteiger partial charge in [0.25, 0.3) is 0 Å². The number of anilines is 2. The summed E-state index contributed by atoms with van der Waals surface area (Å²) in [5, 5.41) is 15.5. The predicted molar refractivity (Wildman–Crippen MR) is 65.4 cm³/mol. The van der Waals surface area contributed by atoms with E-state index in [0.29, 0.717) is 6.54 Å². The number of unbranched alkanes of at least 4 members (excludes halogenated alkanes) is 1. The summed E-state index contributed by atoms with van der Waals surface area (Å²) >= 11 is 0. The van der Waals surface area contributed by atoms with Crippen LogP contribution in [0.15, 0.2) is 0 Å². The summed E-state index contributed by atoms with van der Waals surface area (Å²) in [6.45, 7) is 2.20. The van der Waals surface area contributed by atoms with Crippen LogP contribution in [0.4, 0.5) is 24.8 Å². The van der Waals surface area contributed by atoms with Crippen LogP contribution in [-0.4, -0.2) is 22.5 Å². The lowest BCUT2D eigenvalue weighted by Crippen LogP contribution is -2.15. The second-order valence-corrected chi connectivity index (χ2v) is 4.09. The minimum atomic E-state index is -4.24. The van der Waals surface area contributed by atoms with Crippen LogP contribution in [-0.2, 0) is 6.54 Å². The summed E-state index contributed by atoms with van der Waals surface area (Å²) in [6.07, 6.45) is -3.47. The first-order valence-electron chi connectivity index (χ1n) is 5.96. The van der Waals surface area contributed by atoms with Gasteiger partial charge in [0.05, 0.1) is 6.42 Å². The highest BCUT2D eigenvalue weighted by molar-refractivity contribution is 5.63. The minimum Gasteiger partial charge on any atom is -0.383 e. The summed E-state index contributed by atoms with van der Waals surface area (Å²) in [5.41, 5.74) is 5.82. The summed E-state index contributed by atoms with van der Waals surface area (Å²) < 4.78 is 37.6. The Hall–Kier alpha value is -1.91. The van der Waals surface area contributed by atoms with Crippen LogP contribution in [0.3, 0.4) is 0 Å². The fourth-order valence-corrected chi connectivity index (χ4v) is 1.51. The molecular weight excluding hydrogens is 259 g/mol. The molecule has 0 spiro atoms. The molecule has 0 fully saturated rings. The van der Waals surface area contributed by atoms with Crippen molar-refractivity contribution in [3.8, 4) is 6.07 Å². The van der Waals surface area contributed by atoms with E-state index in [9.17, 15) is 13.2 Å². The van der Waals surface area contributed by atoms with E-state index in [4.69, 9.17) is 11.0 Å². The average Bonchev–Trinajstić information content (AvgIpc) is 2.61. The number of nitrogens with two attached hydrogens (primary N) is 1. The van der Waals surface area contributed by atoms with E-state index in [-0.39, 0.29) is 23.7 Å². The molecular formula is C11H16F3N5. The standard InChI is InChI=1S/C11H16F3N5/c1-2-3-6-19-9(16)8(7-15)10(18-19)17-5-4-11(12,13)14/h2-6,16H2,1H3,(H,17,18). The molecule has 0 unspecified atom stereocenters. The van der Waals surface area contributed by atoms with E-state index in [1.54, 1.807) is 0 Å². The van der Waals surface area contributed by atoms with Crippen molar-refractivity contribution < 1.29 is 13.2 Å². The molecule has 0 aliphatic rings. The van der Waals surface area contributed by atoms with Gasteiger partial charge in [0.1, 0.15) is 17.5 Å². The molecule has 0 aromatic carbocycles. The SMILES string of the molecule is CCCCn1nc(NCCC(F)(F)F)c(C#N)c1N. The summed E-state index contributed by atoms with van der Waals surface area (Å²) in [4.78, 5) is 0. The lowest BCUT2D eigenvalue weighted by molar-refractivity contribution is -0.131. The van der Waals surface area contributed by atoms with Crippen molar-refractivity contribution in [1.29, 1.82) is 5.26 Å². The Labute approximate surface area is 109 Å². The largest absolute Gasteiger partial charge is 0.390 e. The molecule has 1 aromatic rings. The van der Waals surface area contributed by atoms with Crippen molar-refractivity contribution in [2.75, 3.05) is 17.6 Å². The molecule has 0 saturated carbocycles.